The Bertz CT molecular complexity index is 1670. The second-order valence-corrected chi connectivity index (χ2v) is 9.59. The van der Waals surface area contributed by atoms with Crippen LogP contribution in [-0.4, -0.2) is 58.7 Å². The number of amides is 2. The third-order valence-electron chi connectivity index (χ3n) is 6.40. The lowest BCUT2D eigenvalue weighted by Crippen LogP contribution is -2.38. The highest BCUT2D eigenvalue weighted by molar-refractivity contribution is 6.11. The molecule has 212 valence electrons. The van der Waals surface area contributed by atoms with Crippen molar-refractivity contribution in [2.45, 2.75) is 19.6 Å². The van der Waals surface area contributed by atoms with E-state index in [0.717, 1.165) is 27.8 Å². The zero-order valence-corrected chi connectivity index (χ0v) is 22.3. The van der Waals surface area contributed by atoms with Crippen LogP contribution in [0.5, 0.6) is 0 Å². The van der Waals surface area contributed by atoms with Gasteiger partial charge in [-0.05, 0) is 56.9 Å². The molecule has 0 fully saturated rings. The third kappa shape index (κ3) is 6.17. The Hall–Kier alpha value is -4.83. The fourth-order valence-electron chi connectivity index (χ4n) is 4.33. The molecule has 2 amide bonds. The van der Waals surface area contributed by atoms with Crippen molar-refractivity contribution in [2.24, 2.45) is 5.73 Å². The molecule has 2 heterocycles. The minimum absolute atomic E-state index is 0.0516. The fraction of sp³-hybridized carbons (Fsp3) is 0.250. The van der Waals surface area contributed by atoms with Gasteiger partial charge < -0.3 is 15.5 Å². The summed E-state index contributed by atoms with van der Waals surface area (Å²) >= 11 is 0. The molecule has 0 saturated carbocycles. The number of hydrogen-bond donors (Lipinski definition) is 1. The molecule has 2 aromatic carbocycles. The molecule has 41 heavy (non-hydrogen) atoms. The SMILES string of the molecule is Cc1c(N(CCN(C)C)C(=O)c2cc(C(N)=O)c3ccc(F)cc3n2)c(C(F)(F)F)nn1Cc1ccc(C#N)cc1. The average Bonchev–Trinajstić information content (AvgIpc) is 3.24. The summed E-state index contributed by atoms with van der Waals surface area (Å²) in [5.41, 5.74) is 4.21. The molecule has 4 aromatic rings. The highest BCUT2D eigenvalue weighted by Gasteiger charge is 2.42. The Labute approximate surface area is 232 Å². The number of primary amides is 1. The van der Waals surface area contributed by atoms with Crippen LogP contribution in [0.1, 0.15) is 43.4 Å². The molecule has 0 saturated heterocycles. The van der Waals surface area contributed by atoms with Crippen LogP contribution in [0, 0.1) is 24.1 Å². The predicted molar refractivity (Wildman–Crippen MR) is 143 cm³/mol. The van der Waals surface area contributed by atoms with Crippen LogP contribution in [0.15, 0.2) is 48.5 Å². The van der Waals surface area contributed by atoms with E-state index >= 15 is 0 Å². The van der Waals surface area contributed by atoms with Gasteiger partial charge in [0.15, 0.2) is 5.69 Å². The summed E-state index contributed by atoms with van der Waals surface area (Å²) in [7, 11) is 3.38. The van der Waals surface area contributed by atoms with Gasteiger partial charge in [-0.2, -0.15) is 23.5 Å². The lowest BCUT2D eigenvalue weighted by Gasteiger charge is -2.25. The maximum atomic E-state index is 14.3. The summed E-state index contributed by atoms with van der Waals surface area (Å²) in [5, 5.41) is 13.0. The molecule has 0 spiro atoms. The summed E-state index contributed by atoms with van der Waals surface area (Å²) in [4.78, 5) is 32.8. The fourth-order valence-corrected chi connectivity index (χ4v) is 4.33. The van der Waals surface area contributed by atoms with Crippen molar-refractivity contribution in [2.75, 3.05) is 32.1 Å². The summed E-state index contributed by atoms with van der Waals surface area (Å²) in [6.07, 6.45) is -4.93. The Kier molecular flexibility index (Phi) is 8.07. The van der Waals surface area contributed by atoms with Gasteiger partial charge in [0.05, 0.1) is 40.6 Å². The number of alkyl halides is 3. The van der Waals surface area contributed by atoms with Crippen LogP contribution in [0.2, 0.25) is 0 Å². The molecular formula is C28H25F4N7O2. The molecule has 0 aliphatic heterocycles. The van der Waals surface area contributed by atoms with Crippen molar-refractivity contribution >= 4 is 28.4 Å². The molecular weight excluding hydrogens is 542 g/mol. The van der Waals surface area contributed by atoms with Gasteiger partial charge in [0, 0.05) is 24.5 Å². The lowest BCUT2D eigenvalue weighted by atomic mass is 10.1. The minimum atomic E-state index is -4.93. The van der Waals surface area contributed by atoms with Crippen molar-refractivity contribution in [3.05, 3.63) is 88.1 Å². The van der Waals surface area contributed by atoms with E-state index in [9.17, 15) is 27.2 Å². The van der Waals surface area contributed by atoms with Gasteiger partial charge >= 0.3 is 6.18 Å². The Morgan fingerprint density at radius 2 is 1.76 bits per heavy atom. The topological polar surface area (TPSA) is 121 Å². The number of rotatable bonds is 8. The van der Waals surface area contributed by atoms with E-state index in [4.69, 9.17) is 11.0 Å². The number of nitrogens with two attached hydrogens (primary N) is 1. The Morgan fingerprint density at radius 3 is 2.34 bits per heavy atom. The van der Waals surface area contributed by atoms with Crippen molar-refractivity contribution in [1.29, 1.82) is 5.26 Å². The summed E-state index contributed by atoms with van der Waals surface area (Å²) in [5.74, 6) is -2.55. The lowest BCUT2D eigenvalue weighted by molar-refractivity contribution is -0.141. The third-order valence-corrected chi connectivity index (χ3v) is 6.40. The largest absolute Gasteiger partial charge is 0.437 e. The molecule has 2 aromatic heterocycles. The van der Waals surface area contributed by atoms with Crippen LogP contribution in [0.4, 0.5) is 23.2 Å². The number of likely N-dealkylation sites (N-methyl/N-ethyl adjacent to an activating group) is 1. The van der Waals surface area contributed by atoms with E-state index in [0.29, 0.717) is 11.1 Å². The standard InChI is InChI=1S/C28H25F4N7O2/c1-16-24(25(28(30,31)32)36-39(16)15-18-6-4-17(14-33)5-7-18)38(11-10-37(2)3)27(41)23-13-21(26(34)40)20-9-8-19(29)12-22(20)35-23/h4-9,12-13H,10-11,15H2,1-3H3,(H2,34,40). The number of aromatic nitrogens is 3. The molecule has 0 bridgehead atoms. The monoisotopic (exact) mass is 567 g/mol. The van der Waals surface area contributed by atoms with Crippen LogP contribution < -0.4 is 10.6 Å². The van der Waals surface area contributed by atoms with Crippen molar-refractivity contribution < 1.29 is 27.2 Å². The van der Waals surface area contributed by atoms with E-state index in [1.54, 1.807) is 31.1 Å². The van der Waals surface area contributed by atoms with Gasteiger partial charge in [-0.1, -0.05) is 12.1 Å². The quantitative estimate of drug-likeness (QED) is 0.320. The first kappa shape index (κ1) is 29.2. The molecule has 2 N–H and O–H groups in total. The maximum absolute atomic E-state index is 14.3. The Balaban J connectivity index is 1.88. The van der Waals surface area contributed by atoms with Crippen molar-refractivity contribution in [3.8, 4) is 6.07 Å². The smallest absolute Gasteiger partial charge is 0.366 e. The predicted octanol–water partition coefficient (Wildman–Crippen LogP) is 4.12. The highest BCUT2D eigenvalue weighted by Crippen LogP contribution is 2.39. The number of carbonyl (C=O) groups is 2. The normalized spacial score (nSPS) is 11.6. The van der Waals surface area contributed by atoms with Crippen molar-refractivity contribution in [3.63, 3.8) is 0 Å². The molecule has 0 aliphatic carbocycles. The van der Waals surface area contributed by atoms with Gasteiger partial charge in [-0.15, -0.1) is 0 Å². The first-order valence-corrected chi connectivity index (χ1v) is 12.3. The van der Waals surface area contributed by atoms with Gasteiger partial charge in [-0.25, -0.2) is 9.37 Å². The van der Waals surface area contributed by atoms with Crippen molar-refractivity contribution in [1.82, 2.24) is 19.7 Å². The summed E-state index contributed by atoms with van der Waals surface area (Å²) < 4.78 is 58.2. The summed E-state index contributed by atoms with van der Waals surface area (Å²) in [6.45, 7) is 1.34. The first-order chi connectivity index (χ1) is 19.3. The minimum Gasteiger partial charge on any atom is -0.366 e. The number of benzene rings is 2. The average molecular weight is 568 g/mol. The zero-order chi connectivity index (χ0) is 30.1. The Morgan fingerprint density at radius 1 is 1.07 bits per heavy atom. The van der Waals surface area contributed by atoms with E-state index in [1.165, 1.54) is 25.1 Å². The van der Waals surface area contributed by atoms with Gasteiger partial charge in [0.25, 0.3) is 5.91 Å². The number of nitrogens with zero attached hydrogens (tertiary/aromatic N) is 6. The van der Waals surface area contributed by atoms with Crippen LogP contribution in [-0.2, 0) is 12.7 Å². The van der Waals surface area contributed by atoms with Gasteiger partial charge in [-0.3, -0.25) is 14.3 Å². The van der Waals surface area contributed by atoms with E-state index in [2.05, 4.69) is 10.1 Å². The van der Waals surface area contributed by atoms with Gasteiger partial charge in [0.1, 0.15) is 11.5 Å². The molecule has 13 heteroatoms. The number of nitriles is 1. The zero-order valence-electron chi connectivity index (χ0n) is 22.3. The highest BCUT2D eigenvalue weighted by atomic mass is 19.4. The first-order valence-electron chi connectivity index (χ1n) is 12.3. The number of fused-ring (bicyclic) bond motifs is 1. The maximum Gasteiger partial charge on any atom is 0.437 e. The number of hydrogen-bond acceptors (Lipinski definition) is 6. The molecule has 4 rings (SSSR count). The van der Waals surface area contributed by atoms with E-state index in [-0.39, 0.29) is 47.5 Å². The van der Waals surface area contributed by atoms with Crippen LogP contribution in [0.25, 0.3) is 10.9 Å². The van der Waals surface area contributed by atoms with E-state index < -0.39 is 35.2 Å². The van der Waals surface area contributed by atoms with Crippen LogP contribution >= 0.6 is 0 Å². The van der Waals surface area contributed by atoms with Gasteiger partial charge in [0.2, 0.25) is 5.91 Å². The molecule has 0 unspecified atom stereocenters. The second-order valence-electron chi connectivity index (χ2n) is 9.59. The molecule has 9 nitrogen and oxygen atoms in total. The molecule has 0 radical (unpaired) electrons. The molecule has 0 atom stereocenters. The number of anilines is 1. The van der Waals surface area contributed by atoms with E-state index in [1.807, 2.05) is 6.07 Å². The second kappa shape index (κ2) is 11.3. The molecule has 0 aliphatic rings. The number of halogens is 4. The summed E-state index contributed by atoms with van der Waals surface area (Å²) in [6, 6.07) is 12.7. The number of carbonyl (C=O) groups excluding carboxylic acids is 2. The number of pyridine rings is 1. The van der Waals surface area contributed by atoms with Crippen LogP contribution in [0.3, 0.4) is 0 Å².